The minimum Gasteiger partial charge on any atom is -0.467 e. The van der Waals surface area contributed by atoms with Crippen LogP contribution < -0.4 is 15.4 Å². The van der Waals surface area contributed by atoms with Crippen molar-refractivity contribution in [3.63, 3.8) is 0 Å². The lowest BCUT2D eigenvalue weighted by Gasteiger charge is -2.55. The van der Waals surface area contributed by atoms with Gasteiger partial charge in [-0.3, -0.25) is 9.59 Å². The van der Waals surface area contributed by atoms with Gasteiger partial charge in [-0.1, -0.05) is 12.1 Å². The topological polar surface area (TPSA) is 87.7 Å². The molecule has 144 valence electrons. The molecule has 27 heavy (non-hydrogen) atoms. The Morgan fingerprint density at radius 2 is 2.15 bits per heavy atom. The van der Waals surface area contributed by atoms with Gasteiger partial charge in [0.2, 0.25) is 5.91 Å². The van der Waals surface area contributed by atoms with Crippen LogP contribution in [0.15, 0.2) is 24.3 Å². The van der Waals surface area contributed by atoms with Crippen molar-refractivity contribution in [2.24, 2.45) is 17.8 Å². The predicted molar refractivity (Wildman–Crippen MR) is 101 cm³/mol. The highest BCUT2D eigenvalue weighted by atomic mass is 32.2. The Balaban J connectivity index is 1.33. The van der Waals surface area contributed by atoms with Crippen LogP contribution >= 0.6 is 11.8 Å². The minimum atomic E-state index is -0.687. The largest absolute Gasteiger partial charge is 0.467 e. The van der Waals surface area contributed by atoms with Gasteiger partial charge in [-0.15, -0.1) is 0 Å². The molecule has 0 unspecified atom stereocenters. The number of aliphatic hydroxyl groups excluding tert-OH is 1. The molecule has 2 amide bonds. The highest BCUT2D eigenvalue weighted by molar-refractivity contribution is 7.99. The Kier molecular flexibility index (Phi) is 4.13. The number of para-hydroxylation sites is 1. The number of benzene rings is 1. The summed E-state index contributed by atoms with van der Waals surface area (Å²) in [5, 5.41) is 16.2. The maximum atomic E-state index is 12.9. The quantitative estimate of drug-likeness (QED) is 0.715. The van der Waals surface area contributed by atoms with Crippen LogP contribution in [0.3, 0.4) is 0 Å². The summed E-state index contributed by atoms with van der Waals surface area (Å²) in [5.41, 5.74) is -0.111. The third-order valence-corrected chi connectivity index (χ3v) is 7.85. The highest BCUT2D eigenvalue weighted by Gasteiger charge is 2.57. The molecule has 6 atom stereocenters. The van der Waals surface area contributed by atoms with Gasteiger partial charge in [-0.25, -0.2) is 0 Å². The molecule has 6 nitrogen and oxygen atoms in total. The first kappa shape index (κ1) is 17.4. The van der Waals surface area contributed by atoms with E-state index in [-0.39, 0.29) is 35.6 Å². The van der Waals surface area contributed by atoms with E-state index in [0.29, 0.717) is 23.5 Å². The lowest BCUT2D eigenvalue weighted by Crippen LogP contribution is -2.67. The second kappa shape index (κ2) is 6.41. The van der Waals surface area contributed by atoms with E-state index in [1.165, 1.54) is 0 Å². The molecular formula is C20H24N2O4S. The third-order valence-electron chi connectivity index (χ3n) is 6.68. The Labute approximate surface area is 162 Å². The van der Waals surface area contributed by atoms with Gasteiger partial charge in [-0.2, -0.15) is 11.8 Å². The zero-order chi connectivity index (χ0) is 18.6. The SMILES string of the molecule is O=C1N[C@]2(C[C@@H]3CC[C@@H]2C[C@@H]3C(=O)N[C@@H]2CSC[C@@H]2O)Oc2ccccc21. The molecule has 6 rings (SSSR count). The zero-order valence-electron chi connectivity index (χ0n) is 15.0. The molecule has 5 aliphatic rings. The molecule has 0 radical (unpaired) electrons. The summed E-state index contributed by atoms with van der Waals surface area (Å²) in [6.07, 6.45) is 2.86. The number of hydrogen-bond acceptors (Lipinski definition) is 5. The van der Waals surface area contributed by atoms with E-state index in [1.807, 2.05) is 18.2 Å². The van der Waals surface area contributed by atoms with Crippen LogP contribution in [0.2, 0.25) is 0 Å². The van der Waals surface area contributed by atoms with Crippen LogP contribution in [-0.2, 0) is 4.79 Å². The Morgan fingerprint density at radius 3 is 2.89 bits per heavy atom. The van der Waals surface area contributed by atoms with Crippen molar-refractivity contribution in [1.29, 1.82) is 0 Å². The highest BCUT2D eigenvalue weighted by Crippen LogP contribution is 2.52. The summed E-state index contributed by atoms with van der Waals surface area (Å²) < 4.78 is 6.34. The molecule has 3 N–H and O–H groups in total. The fourth-order valence-electron chi connectivity index (χ4n) is 5.25. The lowest BCUT2D eigenvalue weighted by atomic mass is 9.60. The number of rotatable bonds is 2. The zero-order valence-corrected chi connectivity index (χ0v) is 15.8. The first-order chi connectivity index (χ1) is 13.1. The van der Waals surface area contributed by atoms with E-state index in [2.05, 4.69) is 10.6 Å². The molecule has 2 aliphatic heterocycles. The average Bonchev–Trinajstić information content (AvgIpc) is 3.06. The average molecular weight is 388 g/mol. The minimum absolute atomic E-state index is 0.0497. The fraction of sp³-hybridized carbons (Fsp3) is 0.600. The first-order valence-electron chi connectivity index (χ1n) is 9.72. The molecule has 7 heteroatoms. The standard InChI is InChI=1S/C20H24N2O4S/c23-16-10-27-9-15(16)21-18(24)14-7-12-6-5-11(14)8-20(12)22-19(25)13-3-1-2-4-17(13)26-20/h1-4,11-12,14-16,23H,5-10H2,(H,21,24)(H,22,25)/t11-,12+,14-,15+,16-,20+/m0/s1. The van der Waals surface area contributed by atoms with Gasteiger partial charge in [0.1, 0.15) is 5.75 Å². The number of fused-ring (bicyclic) bond motifs is 3. The summed E-state index contributed by atoms with van der Waals surface area (Å²) in [4.78, 5) is 25.5. The number of ether oxygens (including phenoxy) is 1. The molecule has 1 aromatic carbocycles. The van der Waals surface area contributed by atoms with Gasteiger partial charge < -0.3 is 20.5 Å². The summed E-state index contributed by atoms with van der Waals surface area (Å²) in [5.74, 6) is 2.30. The van der Waals surface area contributed by atoms with E-state index in [0.717, 1.165) is 25.0 Å². The molecule has 1 saturated heterocycles. The van der Waals surface area contributed by atoms with Gasteiger partial charge in [0, 0.05) is 29.8 Å². The lowest BCUT2D eigenvalue weighted by molar-refractivity contribution is -0.147. The molecule has 4 fully saturated rings. The Hall–Kier alpha value is -1.73. The maximum absolute atomic E-state index is 12.9. The summed E-state index contributed by atoms with van der Waals surface area (Å²) in [7, 11) is 0. The van der Waals surface area contributed by atoms with Crippen molar-refractivity contribution in [1.82, 2.24) is 10.6 Å². The van der Waals surface area contributed by atoms with Crippen LogP contribution in [0, 0.1) is 17.8 Å². The molecule has 2 heterocycles. The van der Waals surface area contributed by atoms with Crippen molar-refractivity contribution in [2.75, 3.05) is 11.5 Å². The van der Waals surface area contributed by atoms with Crippen LogP contribution in [-0.4, -0.2) is 46.3 Å². The molecule has 1 spiro atoms. The molecule has 2 bridgehead atoms. The summed E-state index contributed by atoms with van der Waals surface area (Å²) in [6.45, 7) is 0. The van der Waals surface area contributed by atoms with Crippen LogP contribution in [0.1, 0.15) is 36.0 Å². The number of carbonyl (C=O) groups is 2. The van der Waals surface area contributed by atoms with Crippen LogP contribution in [0.25, 0.3) is 0 Å². The van der Waals surface area contributed by atoms with Gasteiger partial charge in [0.05, 0.1) is 17.7 Å². The van der Waals surface area contributed by atoms with Crippen molar-refractivity contribution in [2.45, 2.75) is 43.6 Å². The van der Waals surface area contributed by atoms with Crippen molar-refractivity contribution >= 4 is 23.6 Å². The Bertz CT molecular complexity index is 787. The number of aliphatic hydroxyl groups is 1. The number of nitrogens with one attached hydrogen (secondary N) is 2. The van der Waals surface area contributed by atoms with Gasteiger partial charge in [-0.05, 0) is 37.3 Å². The predicted octanol–water partition coefficient (Wildman–Crippen LogP) is 1.53. The van der Waals surface area contributed by atoms with Crippen molar-refractivity contribution < 1.29 is 19.4 Å². The van der Waals surface area contributed by atoms with Gasteiger partial charge in [0.25, 0.3) is 5.91 Å². The molecule has 3 aliphatic carbocycles. The second-order valence-electron chi connectivity index (χ2n) is 8.24. The van der Waals surface area contributed by atoms with E-state index < -0.39 is 11.8 Å². The van der Waals surface area contributed by atoms with E-state index >= 15 is 0 Å². The fourth-order valence-corrected chi connectivity index (χ4v) is 6.42. The number of hydrogen-bond donors (Lipinski definition) is 3. The number of thioether (sulfide) groups is 1. The van der Waals surface area contributed by atoms with Crippen molar-refractivity contribution in [3.05, 3.63) is 29.8 Å². The van der Waals surface area contributed by atoms with Gasteiger partial charge >= 0.3 is 0 Å². The molecule has 3 saturated carbocycles. The van der Waals surface area contributed by atoms with Gasteiger partial charge in [0.15, 0.2) is 5.72 Å². The molecule has 1 aromatic rings. The Morgan fingerprint density at radius 1 is 1.30 bits per heavy atom. The third kappa shape index (κ3) is 2.83. The summed E-state index contributed by atoms with van der Waals surface area (Å²) >= 11 is 1.67. The van der Waals surface area contributed by atoms with Crippen LogP contribution in [0.4, 0.5) is 0 Å². The van der Waals surface area contributed by atoms with Crippen molar-refractivity contribution in [3.8, 4) is 5.75 Å². The van der Waals surface area contributed by atoms with E-state index in [1.54, 1.807) is 17.8 Å². The number of amides is 2. The smallest absolute Gasteiger partial charge is 0.258 e. The van der Waals surface area contributed by atoms with Crippen LogP contribution in [0.5, 0.6) is 5.75 Å². The monoisotopic (exact) mass is 388 g/mol. The normalized spacial score (nSPS) is 39.6. The van der Waals surface area contributed by atoms with E-state index in [4.69, 9.17) is 4.74 Å². The van der Waals surface area contributed by atoms with E-state index in [9.17, 15) is 14.7 Å². The maximum Gasteiger partial charge on any atom is 0.258 e. The number of carbonyl (C=O) groups excluding carboxylic acids is 2. The first-order valence-corrected chi connectivity index (χ1v) is 10.9. The second-order valence-corrected chi connectivity index (χ2v) is 9.32. The molecule has 0 aromatic heterocycles. The summed E-state index contributed by atoms with van der Waals surface area (Å²) in [6, 6.07) is 7.20. The molecular weight excluding hydrogens is 364 g/mol.